The van der Waals surface area contributed by atoms with Gasteiger partial charge in [-0.05, 0) is 23.6 Å². The summed E-state index contributed by atoms with van der Waals surface area (Å²) in [6.07, 6.45) is 3.91. The van der Waals surface area contributed by atoms with E-state index in [0.29, 0.717) is 28.6 Å². The Kier molecular flexibility index (Phi) is 5.99. The molecule has 2 saturated heterocycles. The van der Waals surface area contributed by atoms with E-state index in [4.69, 9.17) is 23.2 Å². The van der Waals surface area contributed by atoms with Crippen LogP contribution in [0.4, 0.5) is 5.69 Å². The van der Waals surface area contributed by atoms with Gasteiger partial charge in [-0.3, -0.25) is 29.6 Å². The van der Waals surface area contributed by atoms with Gasteiger partial charge < -0.3 is 9.80 Å². The molecular weight excluding hydrogens is 465 g/mol. The number of nitrogens with zero attached hydrogens (tertiary/aromatic N) is 4. The van der Waals surface area contributed by atoms with Crippen LogP contribution in [0.2, 0.25) is 10.0 Å². The molecule has 4 heterocycles. The summed E-state index contributed by atoms with van der Waals surface area (Å²) in [5, 5.41) is 3.32. The van der Waals surface area contributed by atoms with E-state index >= 15 is 0 Å². The lowest BCUT2D eigenvalue weighted by molar-refractivity contribution is -0.136. The van der Waals surface area contributed by atoms with Crippen molar-refractivity contribution in [1.29, 1.82) is 0 Å². The fraction of sp³-hybridized carbons (Fsp3) is 0.391. The van der Waals surface area contributed by atoms with Crippen molar-refractivity contribution in [3.8, 4) is 0 Å². The number of hydrogen-bond donors (Lipinski definition) is 1. The fourth-order valence-corrected chi connectivity index (χ4v) is 5.13. The van der Waals surface area contributed by atoms with Gasteiger partial charge in [0, 0.05) is 57.4 Å². The number of rotatable bonds is 4. The second kappa shape index (κ2) is 8.93. The van der Waals surface area contributed by atoms with Crippen molar-refractivity contribution >= 4 is 46.6 Å². The van der Waals surface area contributed by atoms with Crippen LogP contribution in [-0.2, 0) is 22.7 Å². The van der Waals surface area contributed by atoms with Crippen molar-refractivity contribution in [2.24, 2.45) is 0 Å². The smallest absolute Gasteiger partial charge is 0.255 e. The second-order valence-corrected chi connectivity index (χ2v) is 9.39. The summed E-state index contributed by atoms with van der Waals surface area (Å²) in [6.45, 7) is 4.52. The molecule has 10 heteroatoms. The maximum Gasteiger partial charge on any atom is 0.255 e. The number of aromatic nitrogens is 1. The normalized spacial score (nSPS) is 21.4. The lowest BCUT2D eigenvalue weighted by Gasteiger charge is -2.36. The molecule has 0 saturated carbocycles. The fourth-order valence-electron chi connectivity index (χ4n) is 4.76. The molecule has 5 rings (SSSR count). The minimum atomic E-state index is -0.591. The Hall–Kier alpha value is -2.68. The molecule has 1 aromatic heterocycles. The molecule has 1 aromatic carbocycles. The molecule has 1 atom stereocenters. The molecule has 2 aromatic rings. The van der Waals surface area contributed by atoms with Crippen LogP contribution in [-0.4, -0.2) is 64.7 Å². The van der Waals surface area contributed by atoms with Gasteiger partial charge in [-0.2, -0.15) is 0 Å². The van der Waals surface area contributed by atoms with Crippen molar-refractivity contribution in [3.05, 3.63) is 57.3 Å². The molecule has 0 bridgehead atoms. The molecule has 0 radical (unpaired) electrons. The van der Waals surface area contributed by atoms with Gasteiger partial charge in [-0.1, -0.05) is 35.3 Å². The van der Waals surface area contributed by atoms with E-state index in [2.05, 4.69) is 26.2 Å². The molecular formula is C23H23Cl2N5O3. The molecule has 8 nitrogen and oxygen atoms in total. The van der Waals surface area contributed by atoms with Crippen molar-refractivity contribution in [2.45, 2.75) is 32.0 Å². The second-order valence-electron chi connectivity index (χ2n) is 8.61. The number of hydrogen-bond acceptors (Lipinski definition) is 6. The summed E-state index contributed by atoms with van der Waals surface area (Å²) >= 11 is 12.4. The number of carbonyl (C=O) groups is 3. The van der Waals surface area contributed by atoms with E-state index in [1.54, 1.807) is 17.3 Å². The lowest BCUT2D eigenvalue weighted by Crippen LogP contribution is -2.52. The molecule has 3 aliphatic rings. The van der Waals surface area contributed by atoms with Crippen LogP contribution in [0.3, 0.4) is 0 Å². The topological polar surface area (TPSA) is 85.9 Å². The molecule has 1 N–H and O–H groups in total. The highest BCUT2D eigenvalue weighted by Gasteiger charge is 2.39. The third-order valence-electron chi connectivity index (χ3n) is 6.53. The van der Waals surface area contributed by atoms with Crippen LogP contribution in [0.25, 0.3) is 0 Å². The first-order chi connectivity index (χ1) is 15.9. The average Bonchev–Trinajstić information content (AvgIpc) is 3.12. The standard InChI is InChI=1S/C23H23Cl2N5O3/c24-17-10-26-11-19(21(17)25)29-7-5-28(6-8-29)12-14-1-2-16-15(9-14)13-30(23(16)33)18-3-4-20(31)27-22(18)32/h1-2,9-11,18H,3-8,12-13H2,(H,27,31,32). The van der Waals surface area contributed by atoms with Crippen LogP contribution >= 0.6 is 23.2 Å². The van der Waals surface area contributed by atoms with E-state index in [1.165, 1.54) is 0 Å². The monoisotopic (exact) mass is 487 g/mol. The number of fused-ring (bicyclic) bond motifs is 1. The Morgan fingerprint density at radius 1 is 1.06 bits per heavy atom. The van der Waals surface area contributed by atoms with E-state index in [1.807, 2.05) is 12.1 Å². The van der Waals surface area contributed by atoms with Crippen LogP contribution in [0.1, 0.15) is 34.3 Å². The SMILES string of the molecule is O=C1CCC(N2Cc3cc(CN4CCN(c5cncc(Cl)c5Cl)CC4)ccc3C2=O)C(=O)N1. The van der Waals surface area contributed by atoms with Gasteiger partial charge in [-0.15, -0.1) is 0 Å². The van der Waals surface area contributed by atoms with Crippen molar-refractivity contribution in [1.82, 2.24) is 20.1 Å². The zero-order chi connectivity index (χ0) is 23.1. The quantitative estimate of drug-likeness (QED) is 0.666. The molecule has 0 aliphatic carbocycles. The Labute approximate surface area is 201 Å². The van der Waals surface area contributed by atoms with Crippen molar-refractivity contribution in [2.75, 3.05) is 31.1 Å². The highest BCUT2D eigenvalue weighted by Crippen LogP contribution is 2.32. The van der Waals surface area contributed by atoms with Crippen LogP contribution < -0.4 is 10.2 Å². The third-order valence-corrected chi connectivity index (χ3v) is 7.31. The van der Waals surface area contributed by atoms with Gasteiger partial charge in [0.15, 0.2) is 0 Å². The van der Waals surface area contributed by atoms with Crippen LogP contribution in [0.15, 0.2) is 30.6 Å². The van der Waals surface area contributed by atoms with E-state index in [0.717, 1.165) is 49.5 Å². The number of amides is 3. The average molecular weight is 488 g/mol. The molecule has 172 valence electrons. The summed E-state index contributed by atoms with van der Waals surface area (Å²) in [4.78, 5) is 46.8. The van der Waals surface area contributed by atoms with Gasteiger partial charge >= 0.3 is 0 Å². The van der Waals surface area contributed by atoms with Gasteiger partial charge in [0.25, 0.3) is 5.91 Å². The number of piperidine rings is 1. The van der Waals surface area contributed by atoms with E-state index in [9.17, 15) is 14.4 Å². The van der Waals surface area contributed by atoms with Gasteiger partial charge in [0.1, 0.15) is 6.04 Å². The minimum Gasteiger partial charge on any atom is -0.366 e. The Balaban J connectivity index is 1.22. The minimum absolute atomic E-state index is 0.147. The predicted molar refractivity (Wildman–Crippen MR) is 124 cm³/mol. The number of pyridine rings is 1. The summed E-state index contributed by atoms with van der Waals surface area (Å²) in [5.74, 6) is -0.816. The lowest BCUT2D eigenvalue weighted by atomic mass is 10.0. The van der Waals surface area contributed by atoms with Gasteiger partial charge in [0.05, 0.1) is 21.9 Å². The summed E-state index contributed by atoms with van der Waals surface area (Å²) in [6, 6.07) is 5.30. The maximum absolute atomic E-state index is 12.9. The van der Waals surface area contributed by atoms with Crippen LogP contribution in [0, 0.1) is 0 Å². The van der Waals surface area contributed by atoms with Gasteiger partial charge in [0.2, 0.25) is 11.8 Å². The number of carbonyl (C=O) groups excluding carboxylic acids is 3. The number of benzene rings is 1. The first kappa shape index (κ1) is 22.1. The van der Waals surface area contributed by atoms with E-state index in [-0.39, 0.29) is 24.1 Å². The predicted octanol–water partition coefficient (Wildman–Crippen LogP) is 2.47. The number of nitrogens with one attached hydrogen (secondary N) is 1. The molecule has 3 amide bonds. The highest BCUT2D eigenvalue weighted by molar-refractivity contribution is 6.43. The third kappa shape index (κ3) is 4.30. The molecule has 33 heavy (non-hydrogen) atoms. The number of anilines is 1. The summed E-state index contributed by atoms with van der Waals surface area (Å²) < 4.78 is 0. The van der Waals surface area contributed by atoms with Gasteiger partial charge in [-0.25, -0.2) is 0 Å². The number of imide groups is 1. The first-order valence-corrected chi connectivity index (χ1v) is 11.7. The summed E-state index contributed by atoms with van der Waals surface area (Å²) in [5.41, 5.74) is 3.55. The highest BCUT2D eigenvalue weighted by atomic mass is 35.5. The van der Waals surface area contributed by atoms with Crippen LogP contribution in [0.5, 0.6) is 0 Å². The summed E-state index contributed by atoms with van der Waals surface area (Å²) in [7, 11) is 0. The van der Waals surface area contributed by atoms with Crippen molar-refractivity contribution < 1.29 is 14.4 Å². The molecule has 0 spiro atoms. The van der Waals surface area contributed by atoms with Crippen molar-refractivity contribution in [3.63, 3.8) is 0 Å². The Morgan fingerprint density at radius 3 is 2.61 bits per heavy atom. The molecule has 2 fully saturated rings. The number of piperazine rings is 1. The largest absolute Gasteiger partial charge is 0.366 e. The molecule has 3 aliphatic heterocycles. The first-order valence-electron chi connectivity index (χ1n) is 10.9. The zero-order valence-electron chi connectivity index (χ0n) is 17.9. The Morgan fingerprint density at radius 2 is 1.85 bits per heavy atom. The Bertz CT molecular complexity index is 1130. The zero-order valence-corrected chi connectivity index (χ0v) is 19.4. The maximum atomic E-state index is 12.9. The number of halogens is 2. The molecule has 1 unspecified atom stereocenters. The van der Waals surface area contributed by atoms with E-state index < -0.39 is 6.04 Å².